The average Bonchev–Trinajstić information content (AvgIpc) is 3.11. The first kappa shape index (κ1) is 17.7. The Bertz CT molecular complexity index is 1030. The minimum Gasteiger partial charge on any atom is -0.403 e. The van der Waals surface area contributed by atoms with Gasteiger partial charge < -0.3 is 4.42 Å². The van der Waals surface area contributed by atoms with Crippen molar-refractivity contribution in [2.75, 3.05) is 5.32 Å². The first-order chi connectivity index (χ1) is 12.4. The third-order valence-corrected chi connectivity index (χ3v) is 5.77. The number of carbonyl (C=O) groups is 1. The molecule has 0 fully saturated rings. The van der Waals surface area contributed by atoms with Gasteiger partial charge in [0.05, 0.1) is 10.1 Å². The van der Waals surface area contributed by atoms with Crippen molar-refractivity contribution in [2.45, 2.75) is 24.0 Å². The Morgan fingerprint density at radius 1 is 1.12 bits per heavy atom. The third kappa shape index (κ3) is 3.62. The molecule has 0 saturated carbocycles. The van der Waals surface area contributed by atoms with Crippen LogP contribution >= 0.6 is 0 Å². The van der Waals surface area contributed by atoms with Crippen molar-refractivity contribution in [2.24, 2.45) is 0 Å². The van der Waals surface area contributed by atoms with Crippen molar-refractivity contribution in [1.29, 1.82) is 0 Å². The average molecular weight is 372 g/mol. The van der Waals surface area contributed by atoms with Crippen LogP contribution in [0.2, 0.25) is 0 Å². The standard InChI is InChI=1S/C17H16N4O4S/c1-11(2)26(23,24)14-5-3-4-13(10-14)15(22)19-17-21-20-16(25-17)12-6-8-18-9-7-12/h3-11H,1-2H3,(H,19,21,22). The molecule has 8 nitrogen and oxygen atoms in total. The lowest BCUT2D eigenvalue weighted by Crippen LogP contribution is -2.16. The topological polar surface area (TPSA) is 115 Å². The van der Waals surface area contributed by atoms with Crippen LogP contribution in [0.5, 0.6) is 0 Å². The van der Waals surface area contributed by atoms with Gasteiger partial charge in [0, 0.05) is 23.5 Å². The second-order valence-electron chi connectivity index (χ2n) is 5.72. The molecule has 0 atom stereocenters. The summed E-state index contributed by atoms with van der Waals surface area (Å²) < 4.78 is 29.9. The van der Waals surface area contributed by atoms with Crippen LogP contribution < -0.4 is 5.32 Å². The van der Waals surface area contributed by atoms with Gasteiger partial charge >= 0.3 is 6.01 Å². The van der Waals surface area contributed by atoms with E-state index in [1.807, 2.05) is 0 Å². The van der Waals surface area contributed by atoms with E-state index in [0.29, 0.717) is 5.56 Å². The molecule has 2 heterocycles. The smallest absolute Gasteiger partial charge is 0.322 e. The number of sulfone groups is 1. The maximum atomic E-state index is 12.4. The molecular formula is C17H16N4O4S. The van der Waals surface area contributed by atoms with Gasteiger partial charge in [-0.05, 0) is 44.2 Å². The number of nitrogens with zero attached hydrogens (tertiary/aromatic N) is 3. The first-order valence-corrected chi connectivity index (χ1v) is 9.32. The lowest BCUT2D eigenvalue weighted by Gasteiger charge is -2.09. The fourth-order valence-electron chi connectivity index (χ4n) is 2.14. The van der Waals surface area contributed by atoms with Gasteiger partial charge in [0.15, 0.2) is 9.84 Å². The number of anilines is 1. The van der Waals surface area contributed by atoms with E-state index in [1.54, 1.807) is 38.4 Å². The Morgan fingerprint density at radius 2 is 1.85 bits per heavy atom. The maximum Gasteiger partial charge on any atom is 0.322 e. The molecule has 0 spiro atoms. The Balaban J connectivity index is 1.80. The molecule has 2 aromatic heterocycles. The van der Waals surface area contributed by atoms with Gasteiger partial charge in [-0.25, -0.2) is 8.42 Å². The Morgan fingerprint density at radius 3 is 2.54 bits per heavy atom. The highest BCUT2D eigenvalue weighted by molar-refractivity contribution is 7.92. The zero-order valence-electron chi connectivity index (χ0n) is 14.1. The summed E-state index contributed by atoms with van der Waals surface area (Å²) in [6.45, 7) is 3.17. The number of aromatic nitrogens is 3. The van der Waals surface area contributed by atoms with Crippen LogP contribution in [0.1, 0.15) is 24.2 Å². The lowest BCUT2D eigenvalue weighted by molar-refractivity contribution is 0.102. The van der Waals surface area contributed by atoms with E-state index in [2.05, 4.69) is 20.5 Å². The van der Waals surface area contributed by atoms with Gasteiger partial charge in [-0.3, -0.25) is 15.1 Å². The molecule has 9 heteroatoms. The van der Waals surface area contributed by atoms with Crippen molar-refractivity contribution >= 4 is 21.8 Å². The van der Waals surface area contributed by atoms with Crippen LogP contribution in [0.25, 0.3) is 11.5 Å². The molecule has 0 saturated heterocycles. The summed E-state index contributed by atoms with van der Waals surface area (Å²) >= 11 is 0. The zero-order valence-corrected chi connectivity index (χ0v) is 14.9. The summed E-state index contributed by atoms with van der Waals surface area (Å²) in [5.41, 5.74) is 0.841. The van der Waals surface area contributed by atoms with Gasteiger partial charge in [0.2, 0.25) is 5.89 Å². The lowest BCUT2D eigenvalue weighted by atomic mass is 10.2. The zero-order chi connectivity index (χ0) is 18.7. The van der Waals surface area contributed by atoms with E-state index in [-0.39, 0.29) is 22.4 Å². The number of hydrogen-bond donors (Lipinski definition) is 1. The minimum absolute atomic E-state index is 0.0843. The highest BCUT2D eigenvalue weighted by Gasteiger charge is 2.21. The van der Waals surface area contributed by atoms with Crippen LogP contribution in [0, 0.1) is 0 Å². The molecule has 0 aliphatic carbocycles. The maximum absolute atomic E-state index is 12.4. The van der Waals surface area contributed by atoms with E-state index in [9.17, 15) is 13.2 Å². The second-order valence-corrected chi connectivity index (χ2v) is 8.23. The summed E-state index contributed by atoms with van der Waals surface area (Å²) in [7, 11) is -3.48. The molecule has 1 aromatic carbocycles. The van der Waals surface area contributed by atoms with Crippen molar-refractivity contribution < 1.29 is 17.6 Å². The van der Waals surface area contributed by atoms with Crippen LogP contribution in [0.4, 0.5) is 6.01 Å². The summed E-state index contributed by atoms with van der Waals surface area (Å²) in [5.74, 6) is -0.311. The molecule has 26 heavy (non-hydrogen) atoms. The largest absolute Gasteiger partial charge is 0.403 e. The van der Waals surface area contributed by atoms with Crippen molar-refractivity contribution in [3.63, 3.8) is 0 Å². The summed E-state index contributed by atoms with van der Waals surface area (Å²) in [4.78, 5) is 16.3. The highest BCUT2D eigenvalue weighted by Crippen LogP contribution is 2.20. The predicted molar refractivity (Wildman–Crippen MR) is 94.2 cm³/mol. The van der Waals surface area contributed by atoms with Crippen LogP contribution in [-0.4, -0.2) is 34.8 Å². The fourth-order valence-corrected chi connectivity index (χ4v) is 3.24. The molecule has 1 amide bonds. The van der Waals surface area contributed by atoms with Gasteiger partial charge in [-0.2, -0.15) is 0 Å². The third-order valence-electron chi connectivity index (χ3n) is 3.62. The molecule has 3 rings (SSSR count). The Labute approximate surface area is 150 Å². The number of benzene rings is 1. The molecule has 0 aliphatic heterocycles. The number of pyridine rings is 1. The van der Waals surface area contributed by atoms with Crippen LogP contribution in [-0.2, 0) is 9.84 Å². The normalized spacial score (nSPS) is 11.5. The fraction of sp³-hybridized carbons (Fsp3) is 0.176. The van der Waals surface area contributed by atoms with E-state index < -0.39 is 21.0 Å². The molecule has 0 bridgehead atoms. The molecule has 1 N–H and O–H groups in total. The number of carbonyl (C=O) groups excluding carboxylic acids is 1. The number of amides is 1. The summed E-state index contributed by atoms with van der Waals surface area (Å²) in [6, 6.07) is 9.11. The first-order valence-electron chi connectivity index (χ1n) is 7.77. The van der Waals surface area contributed by atoms with Gasteiger partial charge in [0.1, 0.15) is 0 Å². The Hall–Kier alpha value is -3.07. The van der Waals surface area contributed by atoms with Gasteiger partial charge in [0.25, 0.3) is 5.91 Å². The molecule has 134 valence electrons. The SMILES string of the molecule is CC(C)S(=O)(=O)c1cccc(C(=O)Nc2nnc(-c3ccncc3)o2)c1. The summed E-state index contributed by atoms with van der Waals surface area (Å²) in [6.07, 6.45) is 3.16. The van der Waals surface area contributed by atoms with Crippen LogP contribution in [0.3, 0.4) is 0 Å². The van der Waals surface area contributed by atoms with Crippen molar-refractivity contribution in [1.82, 2.24) is 15.2 Å². The number of rotatable bonds is 5. The molecule has 0 radical (unpaired) electrons. The van der Waals surface area contributed by atoms with E-state index in [1.165, 1.54) is 24.3 Å². The quantitative estimate of drug-likeness (QED) is 0.732. The highest BCUT2D eigenvalue weighted by atomic mass is 32.2. The molecule has 0 unspecified atom stereocenters. The minimum atomic E-state index is -3.48. The molecule has 0 aliphatic rings. The van der Waals surface area contributed by atoms with E-state index in [0.717, 1.165) is 0 Å². The second kappa shape index (κ2) is 7.04. The molecular weight excluding hydrogens is 356 g/mol. The Kier molecular flexibility index (Phi) is 4.81. The van der Waals surface area contributed by atoms with Crippen molar-refractivity contribution in [3.05, 3.63) is 54.4 Å². The summed E-state index contributed by atoms with van der Waals surface area (Å²) in [5, 5.41) is 9.51. The van der Waals surface area contributed by atoms with Crippen LogP contribution in [0.15, 0.2) is 58.1 Å². The monoisotopic (exact) mass is 372 g/mol. The van der Waals surface area contributed by atoms with Crippen molar-refractivity contribution in [3.8, 4) is 11.5 Å². The number of nitrogens with one attached hydrogen (secondary N) is 1. The number of hydrogen-bond acceptors (Lipinski definition) is 7. The van der Waals surface area contributed by atoms with E-state index >= 15 is 0 Å². The molecule has 3 aromatic rings. The van der Waals surface area contributed by atoms with Gasteiger partial charge in [-0.15, -0.1) is 5.10 Å². The predicted octanol–water partition coefficient (Wildman–Crippen LogP) is 2.57. The van der Waals surface area contributed by atoms with Gasteiger partial charge in [-0.1, -0.05) is 11.2 Å². The van der Waals surface area contributed by atoms with E-state index in [4.69, 9.17) is 4.42 Å².